The van der Waals surface area contributed by atoms with Crippen LogP contribution < -0.4 is 10.1 Å². The average molecular weight is 338 g/mol. The molecule has 0 unspecified atom stereocenters. The van der Waals surface area contributed by atoms with Gasteiger partial charge >= 0.3 is 0 Å². The number of thiazole rings is 1. The largest absolute Gasteiger partial charge is 0.484 e. The van der Waals surface area contributed by atoms with Gasteiger partial charge in [0.25, 0.3) is 5.91 Å². The predicted octanol–water partition coefficient (Wildman–Crippen LogP) is 4.11. The van der Waals surface area contributed by atoms with Gasteiger partial charge in [-0.3, -0.25) is 10.1 Å². The Morgan fingerprint density at radius 2 is 2.08 bits per heavy atom. The van der Waals surface area contributed by atoms with Gasteiger partial charge in [0.1, 0.15) is 5.75 Å². The molecule has 1 aliphatic rings. The highest BCUT2D eigenvalue weighted by atomic mass is 32.1. The summed E-state index contributed by atoms with van der Waals surface area (Å²) in [5, 5.41) is 3.43. The quantitative estimate of drug-likeness (QED) is 0.779. The molecule has 0 saturated heterocycles. The summed E-state index contributed by atoms with van der Waals surface area (Å²) in [6.07, 6.45) is 3.45. The first-order chi connectivity index (χ1) is 11.7. The van der Waals surface area contributed by atoms with Gasteiger partial charge in [0.05, 0.1) is 10.2 Å². The molecule has 1 aliphatic carbocycles. The van der Waals surface area contributed by atoms with Gasteiger partial charge in [-0.1, -0.05) is 23.5 Å². The van der Waals surface area contributed by atoms with E-state index < -0.39 is 0 Å². The van der Waals surface area contributed by atoms with Crippen LogP contribution in [0.2, 0.25) is 0 Å². The van der Waals surface area contributed by atoms with E-state index in [1.165, 1.54) is 34.4 Å². The number of carbonyl (C=O) groups is 1. The Morgan fingerprint density at radius 3 is 3.00 bits per heavy atom. The molecule has 0 fully saturated rings. The van der Waals surface area contributed by atoms with Crippen molar-refractivity contribution in [3.63, 3.8) is 0 Å². The zero-order chi connectivity index (χ0) is 16.5. The first kappa shape index (κ1) is 15.1. The fourth-order valence-corrected chi connectivity index (χ4v) is 4.01. The van der Waals surface area contributed by atoms with Crippen molar-refractivity contribution >= 4 is 32.6 Å². The number of hydrogen-bond donors (Lipinski definition) is 1. The molecule has 0 bridgehead atoms. The first-order valence-corrected chi connectivity index (χ1v) is 8.91. The summed E-state index contributed by atoms with van der Waals surface area (Å²) in [7, 11) is 0. The lowest BCUT2D eigenvalue weighted by Crippen LogP contribution is -2.20. The second-order valence-corrected chi connectivity index (χ2v) is 7.14. The van der Waals surface area contributed by atoms with Crippen molar-refractivity contribution < 1.29 is 9.53 Å². The molecular formula is C19H18N2O2S. The zero-order valence-corrected chi connectivity index (χ0v) is 14.3. The molecule has 2 aromatic carbocycles. The third-order valence-corrected chi connectivity index (χ3v) is 5.16. The van der Waals surface area contributed by atoms with Crippen LogP contribution in [0.1, 0.15) is 23.1 Å². The second-order valence-electron chi connectivity index (χ2n) is 6.11. The minimum Gasteiger partial charge on any atom is -0.484 e. The maximum Gasteiger partial charge on any atom is 0.264 e. The van der Waals surface area contributed by atoms with Crippen LogP contribution in [0.3, 0.4) is 0 Å². The minimum absolute atomic E-state index is 0.00621. The van der Waals surface area contributed by atoms with E-state index in [1.54, 1.807) is 0 Å². The first-order valence-electron chi connectivity index (χ1n) is 8.09. The lowest BCUT2D eigenvalue weighted by Gasteiger charge is -2.07. The third kappa shape index (κ3) is 3.12. The Kier molecular flexibility index (Phi) is 3.94. The normalized spacial score (nSPS) is 13.0. The molecule has 4 rings (SSSR count). The van der Waals surface area contributed by atoms with Gasteiger partial charge in [-0.05, 0) is 67.1 Å². The van der Waals surface area contributed by atoms with E-state index in [9.17, 15) is 4.79 Å². The SMILES string of the molecule is Cc1ccc2nc(NC(=O)COc3ccc4c(c3)CCC4)sc2c1. The number of ether oxygens (including phenoxy) is 1. The number of nitrogens with zero attached hydrogens (tertiary/aromatic N) is 1. The van der Waals surface area contributed by atoms with Crippen LogP contribution in [0.5, 0.6) is 5.75 Å². The maximum absolute atomic E-state index is 12.1. The molecule has 122 valence electrons. The number of rotatable bonds is 4. The second kappa shape index (κ2) is 6.24. The number of hydrogen-bond acceptors (Lipinski definition) is 4. The van der Waals surface area contributed by atoms with E-state index >= 15 is 0 Å². The lowest BCUT2D eigenvalue weighted by molar-refractivity contribution is -0.118. The topological polar surface area (TPSA) is 51.2 Å². The lowest BCUT2D eigenvalue weighted by atomic mass is 10.1. The van der Waals surface area contributed by atoms with E-state index in [4.69, 9.17) is 4.74 Å². The van der Waals surface area contributed by atoms with Gasteiger partial charge in [0.15, 0.2) is 11.7 Å². The number of fused-ring (bicyclic) bond motifs is 2. The van der Waals surface area contributed by atoms with Crippen LogP contribution in [-0.2, 0) is 17.6 Å². The highest BCUT2D eigenvalue weighted by molar-refractivity contribution is 7.22. The van der Waals surface area contributed by atoms with Crippen LogP contribution in [-0.4, -0.2) is 17.5 Å². The number of aromatic nitrogens is 1. The summed E-state index contributed by atoms with van der Waals surface area (Å²) in [4.78, 5) is 16.5. The monoisotopic (exact) mass is 338 g/mol. The molecule has 1 heterocycles. The summed E-state index contributed by atoms with van der Waals surface area (Å²) < 4.78 is 6.70. The summed E-state index contributed by atoms with van der Waals surface area (Å²) in [6.45, 7) is 2.04. The van der Waals surface area contributed by atoms with Gasteiger partial charge < -0.3 is 4.74 Å². The minimum atomic E-state index is -0.189. The molecule has 1 N–H and O–H groups in total. The Bertz CT molecular complexity index is 917. The van der Waals surface area contributed by atoms with Crippen LogP contribution in [0.4, 0.5) is 5.13 Å². The molecule has 4 nitrogen and oxygen atoms in total. The number of anilines is 1. The number of carbonyl (C=O) groups excluding carboxylic acids is 1. The molecular weight excluding hydrogens is 320 g/mol. The Labute approximate surface area is 144 Å². The van der Waals surface area contributed by atoms with Crippen LogP contribution in [0, 0.1) is 6.92 Å². The smallest absolute Gasteiger partial charge is 0.264 e. The predicted molar refractivity (Wildman–Crippen MR) is 96.9 cm³/mol. The van der Waals surface area contributed by atoms with Gasteiger partial charge in [0.2, 0.25) is 0 Å². The van der Waals surface area contributed by atoms with Crippen molar-refractivity contribution in [2.24, 2.45) is 0 Å². The van der Waals surface area contributed by atoms with E-state index in [2.05, 4.69) is 28.5 Å². The highest BCUT2D eigenvalue weighted by Gasteiger charge is 2.12. The van der Waals surface area contributed by atoms with Crippen LogP contribution in [0.15, 0.2) is 36.4 Å². The van der Waals surface area contributed by atoms with E-state index in [-0.39, 0.29) is 12.5 Å². The molecule has 24 heavy (non-hydrogen) atoms. The molecule has 0 saturated carbocycles. The van der Waals surface area contributed by atoms with E-state index in [0.29, 0.717) is 5.13 Å². The van der Waals surface area contributed by atoms with Crippen molar-refractivity contribution in [1.29, 1.82) is 0 Å². The number of benzene rings is 2. The molecule has 5 heteroatoms. The highest BCUT2D eigenvalue weighted by Crippen LogP contribution is 2.27. The van der Waals surface area contributed by atoms with Crippen LogP contribution >= 0.6 is 11.3 Å². The number of nitrogens with one attached hydrogen (secondary N) is 1. The van der Waals surface area contributed by atoms with E-state index in [0.717, 1.165) is 28.8 Å². The molecule has 3 aromatic rings. The number of aryl methyl sites for hydroxylation is 3. The molecule has 1 aromatic heterocycles. The Hall–Kier alpha value is -2.40. The van der Waals surface area contributed by atoms with Crippen molar-refractivity contribution in [3.8, 4) is 5.75 Å². The van der Waals surface area contributed by atoms with Gasteiger partial charge in [-0.25, -0.2) is 4.98 Å². The Morgan fingerprint density at radius 1 is 1.21 bits per heavy atom. The fraction of sp³-hybridized carbons (Fsp3) is 0.263. The van der Waals surface area contributed by atoms with Crippen molar-refractivity contribution in [3.05, 3.63) is 53.1 Å². The standard InChI is InChI=1S/C19H18N2O2S/c1-12-5-8-16-17(9-12)24-19(20-16)21-18(22)11-23-15-7-6-13-3-2-4-14(13)10-15/h5-10H,2-4,11H2,1H3,(H,20,21,22). The van der Waals surface area contributed by atoms with Gasteiger partial charge in [0, 0.05) is 0 Å². The molecule has 0 atom stereocenters. The maximum atomic E-state index is 12.1. The van der Waals surface area contributed by atoms with Gasteiger partial charge in [-0.15, -0.1) is 0 Å². The summed E-state index contributed by atoms with van der Waals surface area (Å²) in [5.41, 5.74) is 4.83. The molecule has 0 radical (unpaired) electrons. The summed E-state index contributed by atoms with van der Waals surface area (Å²) in [5.74, 6) is 0.567. The average Bonchev–Trinajstić information content (AvgIpc) is 3.17. The van der Waals surface area contributed by atoms with Gasteiger partial charge in [-0.2, -0.15) is 0 Å². The fourth-order valence-electron chi connectivity index (χ4n) is 3.03. The summed E-state index contributed by atoms with van der Waals surface area (Å²) in [6, 6.07) is 12.2. The number of amides is 1. The molecule has 0 aliphatic heterocycles. The summed E-state index contributed by atoms with van der Waals surface area (Å²) >= 11 is 1.48. The van der Waals surface area contributed by atoms with Crippen LogP contribution in [0.25, 0.3) is 10.2 Å². The van der Waals surface area contributed by atoms with Crippen molar-refractivity contribution in [2.75, 3.05) is 11.9 Å². The Balaban J connectivity index is 1.39. The van der Waals surface area contributed by atoms with E-state index in [1.807, 2.05) is 25.1 Å². The molecule has 1 amide bonds. The molecule has 0 spiro atoms. The van der Waals surface area contributed by atoms with Crippen molar-refractivity contribution in [2.45, 2.75) is 26.2 Å². The van der Waals surface area contributed by atoms with Crippen molar-refractivity contribution in [1.82, 2.24) is 4.98 Å². The zero-order valence-electron chi connectivity index (χ0n) is 13.5. The third-order valence-electron chi connectivity index (χ3n) is 4.23.